The third kappa shape index (κ3) is 2.17. The first kappa shape index (κ1) is 14.1. The van der Waals surface area contributed by atoms with Crippen LogP contribution >= 0.6 is 0 Å². The number of hydrogen-bond donors (Lipinski definition) is 0. The summed E-state index contributed by atoms with van der Waals surface area (Å²) in [5.41, 5.74) is 3.49. The molecule has 1 aliphatic rings. The first-order chi connectivity index (χ1) is 11.3. The molecule has 3 nitrogen and oxygen atoms in total. The second-order valence-corrected chi connectivity index (χ2v) is 6.09. The molecule has 3 aromatic rings. The van der Waals surface area contributed by atoms with E-state index in [1.807, 2.05) is 24.3 Å². The Kier molecular flexibility index (Phi) is 3.46. The van der Waals surface area contributed by atoms with Crippen LogP contribution in [0.15, 0.2) is 33.5 Å². The Balaban J connectivity index is 2.05. The van der Waals surface area contributed by atoms with Crippen LogP contribution in [-0.4, -0.2) is 4.57 Å². The lowest BCUT2D eigenvalue weighted by molar-refractivity contribution is 0.569. The Morgan fingerprint density at radius 2 is 2.17 bits per heavy atom. The molecule has 23 heavy (non-hydrogen) atoms. The average molecular weight is 305 g/mol. The van der Waals surface area contributed by atoms with Crippen molar-refractivity contribution in [1.82, 2.24) is 4.57 Å². The summed E-state index contributed by atoms with van der Waals surface area (Å²) >= 11 is 0. The van der Waals surface area contributed by atoms with Crippen LogP contribution in [0.2, 0.25) is 0 Å². The summed E-state index contributed by atoms with van der Waals surface area (Å²) < 4.78 is 7.82. The van der Waals surface area contributed by atoms with Crippen molar-refractivity contribution in [3.05, 3.63) is 45.9 Å². The third-order valence-electron chi connectivity index (χ3n) is 4.58. The molecule has 0 aliphatic carbocycles. The molecule has 0 fully saturated rings. The van der Waals surface area contributed by atoms with Gasteiger partial charge in [0, 0.05) is 24.0 Å². The maximum absolute atomic E-state index is 12.6. The van der Waals surface area contributed by atoms with Crippen LogP contribution in [0, 0.1) is 11.8 Å². The molecule has 0 atom stereocenters. The number of aryl methyl sites for hydroxylation is 1. The first-order valence-electron chi connectivity index (χ1n) is 8.37. The molecule has 0 bridgehead atoms. The monoisotopic (exact) mass is 305 g/mol. The van der Waals surface area contributed by atoms with Gasteiger partial charge in [0.15, 0.2) is 0 Å². The molecule has 0 saturated carbocycles. The number of hydrogen-bond acceptors (Lipinski definition) is 2. The van der Waals surface area contributed by atoms with Crippen molar-refractivity contribution in [2.45, 2.75) is 45.6 Å². The highest BCUT2D eigenvalue weighted by Gasteiger charge is 2.24. The highest BCUT2D eigenvalue weighted by molar-refractivity contribution is 6.05. The lowest BCUT2D eigenvalue weighted by Gasteiger charge is -2.03. The van der Waals surface area contributed by atoms with Crippen LogP contribution in [0.3, 0.4) is 0 Å². The maximum Gasteiger partial charge on any atom is 0.347 e. The highest BCUT2D eigenvalue weighted by Crippen LogP contribution is 2.33. The Labute approximate surface area is 134 Å². The average Bonchev–Trinajstić information content (AvgIpc) is 3.13. The molecule has 0 radical (unpaired) electrons. The Morgan fingerprint density at radius 1 is 1.30 bits per heavy atom. The standard InChI is InChI=1S/C20H19NO2/c1-2-3-4-5-9-14-16-11-8-13-21(16)19-15-10-6-7-12-17(15)23-20(22)18(14)19/h6-7,10,12H,2-4,8,11,13H2,1H3. The molecule has 3 heterocycles. The number of rotatable bonds is 2. The van der Waals surface area contributed by atoms with Crippen molar-refractivity contribution in [3.8, 4) is 11.8 Å². The van der Waals surface area contributed by atoms with Crippen molar-refractivity contribution in [2.24, 2.45) is 0 Å². The number of para-hydroxylation sites is 1. The van der Waals surface area contributed by atoms with Gasteiger partial charge in [-0.05, 0) is 31.4 Å². The smallest absolute Gasteiger partial charge is 0.347 e. The molecule has 0 spiro atoms. The molecule has 1 aromatic carbocycles. The zero-order chi connectivity index (χ0) is 15.8. The molecule has 1 aliphatic heterocycles. The minimum absolute atomic E-state index is 0.264. The van der Waals surface area contributed by atoms with Gasteiger partial charge in [-0.1, -0.05) is 37.3 Å². The van der Waals surface area contributed by atoms with Crippen LogP contribution in [0.25, 0.3) is 21.9 Å². The van der Waals surface area contributed by atoms with E-state index in [2.05, 4.69) is 23.3 Å². The van der Waals surface area contributed by atoms with Gasteiger partial charge < -0.3 is 8.98 Å². The van der Waals surface area contributed by atoms with Gasteiger partial charge in [0.1, 0.15) is 11.0 Å². The molecule has 116 valence electrons. The van der Waals surface area contributed by atoms with Gasteiger partial charge in [-0.25, -0.2) is 4.79 Å². The van der Waals surface area contributed by atoms with Crippen molar-refractivity contribution in [2.75, 3.05) is 0 Å². The van der Waals surface area contributed by atoms with E-state index >= 15 is 0 Å². The van der Waals surface area contributed by atoms with Gasteiger partial charge >= 0.3 is 5.63 Å². The molecule has 0 N–H and O–H groups in total. The fourth-order valence-corrected chi connectivity index (χ4v) is 3.51. The summed E-state index contributed by atoms with van der Waals surface area (Å²) in [4.78, 5) is 12.6. The molecule has 3 heteroatoms. The number of nitrogens with zero attached hydrogens (tertiary/aromatic N) is 1. The van der Waals surface area contributed by atoms with E-state index in [-0.39, 0.29) is 5.63 Å². The Bertz CT molecular complexity index is 1010. The summed E-state index contributed by atoms with van der Waals surface area (Å²) in [6.07, 6.45) is 5.21. The summed E-state index contributed by atoms with van der Waals surface area (Å²) in [6.45, 7) is 3.11. The van der Waals surface area contributed by atoms with Crippen LogP contribution in [-0.2, 0) is 13.0 Å². The fourth-order valence-electron chi connectivity index (χ4n) is 3.51. The molecular weight excluding hydrogens is 286 g/mol. The zero-order valence-corrected chi connectivity index (χ0v) is 13.3. The van der Waals surface area contributed by atoms with Gasteiger partial charge in [-0.2, -0.15) is 0 Å². The second kappa shape index (κ2) is 5.62. The van der Waals surface area contributed by atoms with E-state index in [4.69, 9.17) is 4.42 Å². The van der Waals surface area contributed by atoms with Crippen LogP contribution in [0.4, 0.5) is 0 Å². The molecule has 0 saturated heterocycles. The van der Waals surface area contributed by atoms with Crippen LogP contribution in [0.5, 0.6) is 0 Å². The predicted molar refractivity (Wildman–Crippen MR) is 92.7 cm³/mol. The second-order valence-electron chi connectivity index (χ2n) is 6.09. The lowest BCUT2D eigenvalue weighted by Crippen LogP contribution is -2.01. The number of benzene rings is 1. The number of fused-ring (bicyclic) bond motifs is 5. The van der Waals surface area contributed by atoms with E-state index < -0.39 is 0 Å². The fraction of sp³-hybridized carbons (Fsp3) is 0.350. The van der Waals surface area contributed by atoms with Crippen molar-refractivity contribution in [1.29, 1.82) is 0 Å². The molecule has 0 unspecified atom stereocenters. The van der Waals surface area contributed by atoms with Gasteiger partial charge in [-0.3, -0.25) is 0 Å². The Hall–Kier alpha value is -2.47. The summed E-state index contributed by atoms with van der Waals surface area (Å²) in [5, 5.41) is 1.68. The predicted octanol–water partition coefficient (Wildman–Crippen LogP) is 4.24. The highest BCUT2D eigenvalue weighted by atomic mass is 16.4. The summed E-state index contributed by atoms with van der Waals surface area (Å²) in [5.74, 6) is 6.52. The Morgan fingerprint density at radius 3 is 3.04 bits per heavy atom. The van der Waals surface area contributed by atoms with E-state index in [0.29, 0.717) is 11.0 Å². The summed E-state index contributed by atoms with van der Waals surface area (Å²) in [6, 6.07) is 7.78. The SMILES string of the molecule is CCCCC#Cc1c2n(c3c1c(=O)oc1ccccc13)CCC2. The van der Waals surface area contributed by atoms with E-state index in [0.717, 1.165) is 55.1 Å². The van der Waals surface area contributed by atoms with Gasteiger partial charge in [0.2, 0.25) is 0 Å². The molecular formula is C20H19NO2. The number of unbranched alkanes of at least 4 members (excludes halogenated alkanes) is 2. The zero-order valence-electron chi connectivity index (χ0n) is 13.3. The molecule has 0 amide bonds. The van der Waals surface area contributed by atoms with E-state index in [1.54, 1.807) is 0 Å². The van der Waals surface area contributed by atoms with Gasteiger partial charge in [0.05, 0.1) is 11.1 Å². The summed E-state index contributed by atoms with van der Waals surface area (Å²) in [7, 11) is 0. The third-order valence-corrected chi connectivity index (χ3v) is 4.58. The topological polar surface area (TPSA) is 35.1 Å². The van der Waals surface area contributed by atoms with Crippen molar-refractivity contribution in [3.63, 3.8) is 0 Å². The lowest BCUT2D eigenvalue weighted by atomic mass is 10.1. The quantitative estimate of drug-likeness (QED) is 0.403. The first-order valence-corrected chi connectivity index (χ1v) is 8.37. The van der Waals surface area contributed by atoms with E-state index in [1.165, 1.54) is 5.69 Å². The maximum atomic E-state index is 12.6. The van der Waals surface area contributed by atoms with Crippen LogP contribution < -0.4 is 5.63 Å². The van der Waals surface area contributed by atoms with Gasteiger partial charge in [-0.15, -0.1) is 0 Å². The van der Waals surface area contributed by atoms with Crippen LogP contribution in [0.1, 0.15) is 43.9 Å². The van der Waals surface area contributed by atoms with E-state index in [9.17, 15) is 4.79 Å². The van der Waals surface area contributed by atoms with Crippen molar-refractivity contribution < 1.29 is 4.42 Å². The molecule has 2 aromatic heterocycles. The normalized spacial score (nSPS) is 13.3. The minimum atomic E-state index is -0.264. The minimum Gasteiger partial charge on any atom is -0.422 e. The molecule has 4 rings (SSSR count). The van der Waals surface area contributed by atoms with Gasteiger partial charge in [0.25, 0.3) is 0 Å². The van der Waals surface area contributed by atoms with Crippen molar-refractivity contribution >= 4 is 21.9 Å². The largest absolute Gasteiger partial charge is 0.422 e. The number of aromatic nitrogens is 1.